The average Bonchev–Trinajstić information content (AvgIpc) is 2.50. The van der Waals surface area contributed by atoms with Crippen LogP contribution >= 0.6 is 0 Å². The number of benzene rings is 1. The number of allylic oxidation sites excluding steroid dienone is 3. The predicted molar refractivity (Wildman–Crippen MR) is 95.3 cm³/mol. The number of hydrogen-bond donors (Lipinski definition) is 0. The highest BCUT2D eigenvalue weighted by Crippen LogP contribution is 2.26. The van der Waals surface area contributed by atoms with Crippen LogP contribution in [0.4, 0.5) is 0 Å². The Kier molecular flexibility index (Phi) is 5.97. The van der Waals surface area contributed by atoms with Gasteiger partial charge < -0.3 is 4.74 Å². The van der Waals surface area contributed by atoms with Crippen molar-refractivity contribution in [1.29, 1.82) is 0 Å². The Hall–Kier alpha value is -2.09. The zero-order valence-corrected chi connectivity index (χ0v) is 14.6. The normalized spacial score (nSPS) is 14.2. The first-order valence-electron chi connectivity index (χ1n) is 8.20. The maximum atomic E-state index is 12.1. The summed E-state index contributed by atoms with van der Waals surface area (Å²) in [5.74, 6) is -0.253. The summed E-state index contributed by atoms with van der Waals surface area (Å²) in [6, 6.07) is 8.48. The molecule has 1 atom stereocenters. The topological polar surface area (TPSA) is 26.3 Å². The molecule has 23 heavy (non-hydrogen) atoms. The molecule has 0 spiro atoms. The summed E-state index contributed by atoms with van der Waals surface area (Å²) >= 11 is 0. The third kappa shape index (κ3) is 5.24. The highest BCUT2D eigenvalue weighted by molar-refractivity contribution is 5.83. The summed E-state index contributed by atoms with van der Waals surface area (Å²) < 4.78 is 5.74. The van der Waals surface area contributed by atoms with Crippen molar-refractivity contribution in [2.75, 3.05) is 0 Å². The van der Waals surface area contributed by atoms with E-state index >= 15 is 0 Å². The Bertz CT molecular complexity index is 654. The molecule has 0 heterocycles. The van der Waals surface area contributed by atoms with E-state index in [0.29, 0.717) is 0 Å². The third-order valence-corrected chi connectivity index (χ3v) is 3.92. The number of rotatable bonds is 5. The monoisotopic (exact) mass is 310 g/mol. The number of carbonyl (C=O) groups is 1. The van der Waals surface area contributed by atoms with Gasteiger partial charge in [-0.05, 0) is 57.2 Å². The summed E-state index contributed by atoms with van der Waals surface area (Å²) in [5, 5.41) is 0. The van der Waals surface area contributed by atoms with Crippen LogP contribution in [0.3, 0.4) is 0 Å². The molecule has 1 aromatic carbocycles. The molecule has 2 rings (SSSR count). The Morgan fingerprint density at radius 1 is 1.13 bits per heavy atom. The molecular weight excluding hydrogens is 284 g/mol. The number of ether oxygens (including phenoxy) is 1. The second kappa shape index (κ2) is 7.96. The fraction of sp³-hybridized carbons (Fsp3) is 0.381. The number of esters is 1. The minimum absolute atomic E-state index is 0.179. The molecule has 0 saturated heterocycles. The smallest absolute Gasteiger partial charge is 0.331 e. The Balaban J connectivity index is 2.17. The minimum Gasteiger partial charge on any atom is -0.454 e. The molecule has 1 aromatic rings. The molecule has 2 nitrogen and oxygen atoms in total. The summed E-state index contributed by atoms with van der Waals surface area (Å²) in [6.45, 7) is 7.95. The lowest BCUT2D eigenvalue weighted by molar-refractivity contribution is -0.141. The van der Waals surface area contributed by atoms with E-state index in [2.05, 4.69) is 50.3 Å². The van der Waals surface area contributed by atoms with Gasteiger partial charge in [0.2, 0.25) is 0 Å². The average molecular weight is 310 g/mol. The van der Waals surface area contributed by atoms with Crippen LogP contribution < -0.4 is 0 Å². The number of carbonyl (C=O) groups excluding carboxylic acids is 1. The van der Waals surface area contributed by atoms with Gasteiger partial charge in [-0.2, -0.15) is 0 Å². The van der Waals surface area contributed by atoms with Crippen LogP contribution in [0.15, 0.2) is 59.2 Å². The molecule has 0 amide bonds. The van der Waals surface area contributed by atoms with Gasteiger partial charge in [0.1, 0.15) is 6.10 Å². The molecule has 1 unspecified atom stereocenters. The van der Waals surface area contributed by atoms with Crippen molar-refractivity contribution in [2.45, 2.75) is 53.1 Å². The minimum atomic E-state index is -0.253. The van der Waals surface area contributed by atoms with Crippen molar-refractivity contribution in [3.8, 4) is 0 Å². The van der Waals surface area contributed by atoms with Gasteiger partial charge in [0.25, 0.3) is 0 Å². The van der Waals surface area contributed by atoms with E-state index < -0.39 is 0 Å². The molecule has 2 heteroatoms. The van der Waals surface area contributed by atoms with Crippen LogP contribution in [0, 0.1) is 0 Å². The van der Waals surface area contributed by atoms with Gasteiger partial charge in [0, 0.05) is 12.5 Å². The van der Waals surface area contributed by atoms with Crippen molar-refractivity contribution < 1.29 is 9.53 Å². The molecule has 1 aliphatic rings. The number of hydrogen-bond acceptors (Lipinski definition) is 2. The van der Waals surface area contributed by atoms with Crippen LogP contribution in [-0.4, -0.2) is 12.1 Å². The van der Waals surface area contributed by atoms with Crippen molar-refractivity contribution in [3.63, 3.8) is 0 Å². The number of fused-ring (bicyclic) bond motifs is 1. The molecule has 0 fully saturated rings. The second-order valence-electron chi connectivity index (χ2n) is 6.59. The summed E-state index contributed by atoms with van der Waals surface area (Å²) in [5.41, 5.74) is 6.11. The largest absolute Gasteiger partial charge is 0.454 e. The Labute approximate surface area is 139 Å². The van der Waals surface area contributed by atoms with E-state index in [4.69, 9.17) is 4.74 Å². The van der Waals surface area contributed by atoms with E-state index in [0.717, 1.165) is 24.8 Å². The quantitative estimate of drug-likeness (QED) is 0.437. The predicted octanol–water partition coefficient (Wildman–Crippen LogP) is 4.95. The van der Waals surface area contributed by atoms with Crippen molar-refractivity contribution in [2.24, 2.45) is 0 Å². The summed E-state index contributed by atoms with van der Waals surface area (Å²) in [4.78, 5) is 12.1. The lowest BCUT2D eigenvalue weighted by atomic mass is 9.88. The van der Waals surface area contributed by atoms with Crippen LogP contribution in [-0.2, 0) is 22.4 Å². The first-order valence-corrected chi connectivity index (χ1v) is 8.20. The van der Waals surface area contributed by atoms with Crippen LogP contribution in [0.1, 0.15) is 45.2 Å². The van der Waals surface area contributed by atoms with Crippen molar-refractivity contribution >= 4 is 5.97 Å². The standard InChI is InChI=1S/C21H26O2/c1-15(2)9-12-20(23-21(22)13-16(3)4)19-11-10-17-7-5-6-8-18(17)14-19/h5-9,11,13,20H,10,12,14H2,1-4H3. The molecule has 0 N–H and O–H groups in total. The van der Waals surface area contributed by atoms with Gasteiger partial charge in [-0.25, -0.2) is 4.79 Å². The van der Waals surface area contributed by atoms with E-state index in [9.17, 15) is 4.79 Å². The molecule has 0 bridgehead atoms. The molecule has 122 valence electrons. The highest BCUT2D eigenvalue weighted by Gasteiger charge is 2.21. The van der Waals surface area contributed by atoms with Crippen LogP contribution in [0.25, 0.3) is 0 Å². The van der Waals surface area contributed by atoms with Gasteiger partial charge in [0.05, 0.1) is 0 Å². The molecule has 0 aromatic heterocycles. The highest BCUT2D eigenvalue weighted by atomic mass is 16.5. The SMILES string of the molecule is CC(C)=CCC(OC(=O)C=C(C)C)C1=CCc2ccccc2C1. The first kappa shape index (κ1) is 17.3. The lowest BCUT2D eigenvalue weighted by Crippen LogP contribution is -2.22. The zero-order valence-electron chi connectivity index (χ0n) is 14.6. The van der Waals surface area contributed by atoms with Crippen molar-refractivity contribution in [3.05, 3.63) is 70.3 Å². The van der Waals surface area contributed by atoms with E-state index in [-0.39, 0.29) is 12.1 Å². The van der Waals surface area contributed by atoms with E-state index in [1.807, 2.05) is 13.8 Å². The molecule has 0 saturated carbocycles. The van der Waals surface area contributed by atoms with E-state index in [1.54, 1.807) is 6.08 Å². The molecular formula is C21H26O2. The maximum absolute atomic E-state index is 12.1. The van der Waals surface area contributed by atoms with Crippen LogP contribution in [0.2, 0.25) is 0 Å². The lowest BCUT2D eigenvalue weighted by Gasteiger charge is -2.24. The Morgan fingerprint density at radius 2 is 1.83 bits per heavy atom. The summed E-state index contributed by atoms with van der Waals surface area (Å²) in [6.07, 6.45) is 8.26. The van der Waals surface area contributed by atoms with E-state index in [1.165, 1.54) is 22.3 Å². The van der Waals surface area contributed by atoms with Gasteiger partial charge in [0.15, 0.2) is 0 Å². The zero-order chi connectivity index (χ0) is 16.8. The summed E-state index contributed by atoms with van der Waals surface area (Å²) in [7, 11) is 0. The second-order valence-corrected chi connectivity index (χ2v) is 6.59. The third-order valence-electron chi connectivity index (χ3n) is 3.92. The van der Waals surface area contributed by atoms with Gasteiger partial charge in [-0.3, -0.25) is 0 Å². The molecule has 0 radical (unpaired) electrons. The van der Waals surface area contributed by atoms with Gasteiger partial charge in [-0.15, -0.1) is 0 Å². The molecule has 0 aliphatic heterocycles. The fourth-order valence-corrected chi connectivity index (χ4v) is 2.74. The van der Waals surface area contributed by atoms with Crippen molar-refractivity contribution in [1.82, 2.24) is 0 Å². The van der Waals surface area contributed by atoms with Gasteiger partial charge in [-0.1, -0.05) is 47.6 Å². The first-order chi connectivity index (χ1) is 11.0. The molecule has 1 aliphatic carbocycles. The van der Waals surface area contributed by atoms with Gasteiger partial charge >= 0.3 is 5.97 Å². The maximum Gasteiger partial charge on any atom is 0.331 e. The van der Waals surface area contributed by atoms with Crippen LogP contribution in [0.5, 0.6) is 0 Å². The Morgan fingerprint density at radius 3 is 2.48 bits per heavy atom. The fourth-order valence-electron chi connectivity index (χ4n) is 2.74.